The number of allylic oxidation sites excluding steroid dienone is 2. The monoisotopic (exact) mass is 317 g/mol. The molecular weight excluding hydrogens is 304 g/mol. The topological polar surface area (TPSA) is 12.0 Å². The van der Waals surface area contributed by atoms with Crippen molar-refractivity contribution in [2.75, 3.05) is 5.32 Å². The minimum absolute atomic E-state index is 0.0164. The van der Waals surface area contributed by atoms with E-state index in [9.17, 15) is 8.78 Å². The lowest BCUT2D eigenvalue weighted by molar-refractivity contribution is 0.418. The average Bonchev–Trinajstić information content (AvgIpc) is 2.97. The van der Waals surface area contributed by atoms with Gasteiger partial charge in [0.2, 0.25) is 0 Å². The van der Waals surface area contributed by atoms with Crippen molar-refractivity contribution in [3.05, 3.63) is 76.3 Å². The van der Waals surface area contributed by atoms with Crippen molar-refractivity contribution >= 4 is 17.3 Å². The van der Waals surface area contributed by atoms with Crippen LogP contribution in [0.3, 0.4) is 0 Å². The summed E-state index contributed by atoms with van der Waals surface area (Å²) < 4.78 is 27.8. The van der Waals surface area contributed by atoms with E-state index in [1.165, 1.54) is 6.07 Å². The van der Waals surface area contributed by atoms with Crippen molar-refractivity contribution in [1.29, 1.82) is 0 Å². The average molecular weight is 318 g/mol. The van der Waals surface area contributed by atoms with Gasteiger partial charge in [-0.2, -0.15) is 0 Å². The summed E-state index contributed by atoms with van der Waals surface area (Å²) in [5.41, 5.74) is 2.04. The summed E-state index contributed by atoms with van der Waals surface area (Å²) in [6.45, 7) is 0. The second-order valence-electron chi connectivity index (χ2n) is 5.85. The second kappa shape index (κ2) is 5.10. The van der Waals surface area contributed by atoms with Crippen LogP contribution in [0.4, 0.5) is 14.5 Å². The maximum absolute atomic E-state index is 14.2. The largest absolute Gasteiger partial charge is 0.375 e. The highest BCUT2D eigenvalue weighted by atomic mass is 35.5. The molecule has 1 aliphatic heterocycles. The van der Waals surface area contributed by atoms with Gasteiger partial charge < -0.3 is 5.32 Å². The molecule has 0 spiro atoms. The first kappa shape index (κ1) is 13.8. The van der Waals surface area contributed by atoms with E-state index in [0.717, 1.165) is 18.1 Å². The Balaban J connectivity index is 1.86. The van der Waals surface area contributed by atoms with Crippen LogP contribution in [-0.2, 0) is 0 Å². The van der Waals surface area contributed by atoms with Gasteiger partial charge in [-0.15, -0.1) is 0 Å². The third-order valence-corrected chi connectivity index (χ3v) is 4.97. The zero-order valence-electron chi connectivity index (χ0n) is 11.7. The number of nitrogens with one attached hydrogen (secondary N) is 1. The minimum Gasteiger partial charge on any atom is -0.375 e. The zero-order valence-corrected chi connectivity index (χ0v) is 12.4. The fourth-order valence-corrected chi connectivity index (χ4v) is 3.91. The molecule has 22 heavy (non-hydrogen) atoms. The first-order valence-electron chi connectivity index (χ1n) is 7.31. The summed E-state index contributed by atoms with van der Waals surface area (Å²) in [5, 5.41) is 3.92. The second-order valence-corrected chi connectivity index (χ2v) is 6.26. The smallest absolute Gasteiger partial charge is 0.149 e. The van der Waals surface area contributed by atoms with E-state index >= 15 is 0 Å². The van der Waals surface area contributed by atoms with Crippen molar-refractivity contribution < 1.29 is 8.78 Å². The summed E-state index contributed by atoms with van der Waals surface area (Å²) in [6, 6.07) is 9.88. The molecule has 0 bridgehead atoms. The van der Waals surface area contributed by atoms with Gasteiger partial charge in [0.05, 0.1) is 11.7 Å². The van der Waals surface area contributed by atoms with E-state index in [0.29, 0.717) is 16.3 Å². The molecule has 1 N–H and O–H groups in total. The molecule has 1 nitrogen and oxygen atoms in total. The van der Waals surface area contributed by atoms with Gasteiger partial charge in [0.25, 0.3) is 0 Å². The van der Waals surface area contributed by atoms with Gasteiger partial charge in [0, 0.05) is 17.0 Å². The van der Waals surface area contributed by atoms with E-state index in [2.05, 4.69) is 11.4 Å². The van der Waals surface area contributed by atoms with Gasteiger partial charge in [-0.1, -0.05) is 42.0 Å². The molecule has 3 atom stereocenters. The van der Waals surface area contributed by atoms with Crippen LogP contribution in [0.1, 0.15) is 29.5 Å². The highest BCUT2D eigenvalue weighted by molar-refractivity contribution is 6.31. The lowest BCUT2D eigenvalue weighted by atomic mass is 9.77. The van der Waals surface area contributed by atoms with Gasteiger partial charge in [0.15, 0.2) is 0 Å². The predicted octanol–water partition coefficient (Wildman–Crippen LogP) is 5.44. The van der Waals surface area contributed by atoms with Gasteiger partial charge in [-0.3, -0.25) is 0 Å². The van der Waals surface area contributed by atoms with Crippen LogP contribution < -0.4 is 5.32 Å². The van der Waals surface area contributed by atoms with Crippen molar-refractivity contribution in [1.82, 2.24) is 0 Å². The molecule has 2 aromatic carbocycles. The molecule has 0 saturated heterocycles. The Morgan fingerprint density at radius 1 is 1.09 bits per heavy atom. The van der Waals surface area contributed by atoms with Crippen molar-refractivity contribution in [2.24, 2.45) is 5.92 Å². The Morgan fingerprint density at radius 2 is 1.91 bits per heavy atom. The number of fused-ring (bicyclic) bond motifs is 3. The highest BCUT2D eigenvalue weighted by Crippen LogP contribution is 2.51. The molecule has 0 radical (unpaired) electrons. The summed E-state index contributed by atoms with van der Waals surface area (Å²) in [6.07, 6.45) is 5.00. The molecule has 0 unspecified atom stereocenters. The standard InChI is InChI=1S/C18H14ClF2N/c19-15-7-2-1-4-13(15)17-12-6-3-5-11(12)14-8-10(20)9-16(21)18(14)22-17/h1-5,7-9,11-12,17,22H,6H2/t11-,12+,17+/m1/s1. The van der Waals surface area contributed by atoms with Crippen LogP contribution in [0.2, 0.25) is 5.02 Å². The summed E-state index contributed by atoms with van der Waals surface area (Å²) in [5.74, 6) is -0.851. The van der Waals surface area contributed by atoms with Crippen molar-refractivity contribution in [2.45, 2.75) is 18.4 Å². The fourth-order valence-electron chi connectivity index (χ4n) is 3.66. The number of anilines is 1. The predicted molar refractivity (Wildman–Crippen MR) is 84.2 cm³/mol. The van der Waals surface area contributed by atoms with E-state index in [1.807, 2.05) is 30.3 Å². The van der Waals surface area contributed by atoms with E-state index in [4.69, 9.17) is 11.6 Å². The van der Waals surface area contributed by atoms with Crippen LogP contribution in [0.15, 0.2) is 48.6 Å². The number of halogens is 3. The molecule has 0 amide bonds. The number of hydrogen-bond acceptors (Lipinski definition) is 1. The molecule has 0 saturated carbocycles. The molecule has 0 fully saturated rings. The number of hydrogen-bond donors (Lipinski definition) is 1. The third kappa shape index (κ3) is 2.03. The normalized spacial score (nSPS) is 25.5. The molecule has 4 rings (SSSR count). The quantitative estimate of drug-likeness (QED) is 0.690. The van der Waals surface area contributed by atoms with Gasteiger partial charge in [0.1, 0.15) is 11.6 Å². The first-order valence-corrected chi connectivity index (χ1v) is 7.69. The fraction of sp³-hybridized carbons (Fsp3) is 0.222. The molecular formula is C18H14ClF2N. The molecule has 2 aromatic rings. The van der Waals surface area contributed by atoms with Crippen LogP contribution in [0, 0.1) is 17.6 Å². The molecule has 1 heterocycles. The van der Waals surface area contributed by atoms with Crippen LogP contribution in [0.25, 0.3) is 0 Å². The summed E-state index contributed by atoms with van der Waals surface area (Å²) >= 11 is 6.33. The van der Waals surface area contributed by atoms with E-state index in [-0.39, 0.29) is 17.9 Å². The minimum atomic E-state index is -0.550. The third-order valence-electron chi connectivity index (χ3n) is 4.63. The van der Waals surface area contributed by atoms with Crippen molar-refractivity contribution in [3.8, 4) is 0 Å². The maximum Gasteiger partial charge on any atom is 0.149 e. The van der Waals surface area contributed by atoms with Crippen molar-refractivity contribution in [3.63, 3.8) is 0 Å². The lowest BCUT2D eigenvalue weighted by Crippen LogP contribution is -2.30. The van der Waals surface area contributed by atoms with Gasteiger partial charge >= 0.3 is 0 Å². The Labute approximate surface area is 132 Å². The molecule has 1 aliphatic carbocycles. The van der Waals surface area contributed by atoms with Gasteiger partial charge in [-0.05, 0) is 35.6 Å². The summed E-state index contributed by atoms with van der Waals surface area (Å²) in [7, 11) is 0. The Kier molecular flexibility index (Phi) is 3.19. The van der Waals surface area contributed by atoms with Crippen LogP contribution >= 0.6 is 11.6 Å². The van der Waals surface area contributed by atoms with E-state index < -0.39 is 11.6 Å². The number of rotatable bonds is 1. The Morgan fingerprint density at radius 3 is 2.73 bits per heavy atom. The molecule has 0 aromatic heterocycles. The zero-order chi connectivity index (χ0) is 15.3. The maximum atomic E-state index is 14.2. The first-order chi connectivity index (χ1) is 10.6. The summed E-state index contributed by atoms with van der Waals surface area (Å²) in [4.78, 5) is 0. The SMILES string of the molecule is Fc1cc(F)c2c(c1)[C@@H]1C=CC[C@@H]1[C@@H](c1ccccc1Cl)N2. The van der Waals surface area contributed by atoms with E-state index in [1.54, 1.807) is 0 Å². The molecule has 4 heteroatoms. The molecule has 112 valence electrons. The lowest BCUT2D eigenvalue weighted by Gasteiger charge is -2.38. The number of benzene rings is 2. The molecule has 2 aliphatic rings. The Bertz CT molecular complexity index is 772. The van der Waals surface area contributed by atoms with Crippen LogP contribution in [0.5, 0.6) is 0 Å². The van der Waals surface area contributed by atoms with Crippen LogP contribution in [-0.4, -0.2) is 0 Å². The van der Waals surface area contributed by atoms with Gasteiger partial charge in [-0.25, -0.2) is 8.78 Å². The highest BCUT2D eigenvalue weighted by Gasteiger charge is 2.39. The Hall–Kier alpha value is -1.87.